The summed E-state index contributed by atoms with van der Waals surface area (Å²) in [6.45, 7) is 9.37. The van der Waals surface area contributed by atoms with Gasteiger partial charge in [0.2, 0.25) is 0 Å². The first-order valence-electron chi connectivity index (χ1n) is 12.8. The Morgan fingerprint density at radius 3 is 1.17 bits per heavy atom. The van der Waals surface area contributed by atoms with Crippen molar-refractivity contribution in [3.05, 3.63) is 99.1 Å². The van der Waals surface area contributed by atoms with E-state index in [9.17, 15) is 0 Å². The van der Waals surface area contributed by atoms with E-state index in [0.29, 0.717) is 0 Å². The summed E-state index contributed by atoms with van der Waals surface area (Å²) in [6.07, 6.45) is 26.6. The SMILES string of the molecule is CC[C@H]1C[C@H](CC)P1[C]1[CH][CH][CH][CH]1.CC[C@H]1C[C@H](CC)P1[C]1[CH][CH][CH][CH]1.[Fe+2].[Pd+][I].[c-]1ccccc1. The number of halogens is 1. The molecule has 2 aliphatic carbocycles. The molecule has 1 aromatic rings. The fourth-order valence-electron chi connectivity index (χ4n) is 5.11. The Labute approximate surface area is 253 Å². The molecule has 0 aromatic heterocycles. The maximum Gasteiger partial charge on any atom is -0.171 e. The molecular formula is C30H41FeIP2Pd+2. The molecule has 4 fully saturated rings. The molecule has 4 atom stereocenters. The summed E-state index contributed by atoms with van der Waals surface area (Å²) in [4.78, 5) is 0. The van der Waals surface area contributed by atoms with Crippen molar-refractivity contribution in [3.8, 4) is 0 Å². The monoisotopic (exact) mass is 752 g/mol. The molecule has 2 heterocycles. The Bertz CT molecular complexity index is 525. The minimum absolute atomic E-state index is 0. The molecule has 1 aromatic carbocycles. The molecular weight excluding hydrogens is 711 g/mol. The number of benzene rings is 1. The summed E-state index contributed by atoms with van der Waals surface area (Å²) < 4.78 is 0. The van der Waals surface area contributed by atoms with E-state index in [2.05, 4.69) is 101 Å². The van der Waals surface area contributed by atoms with Crippen LogP contribution >= 0.6 is 35.4 Å². The van der Waals surface area contributed by atoms with E-state index in [1.165, 1.54) is 38.5 Å². The van der Waals surface area contributed by atoms with Crippen molar-refractivity contribution in [2.45, 2.75) is 88.9 Å². The molecule has 10 radical (unpaired) electrons. The molecule has 5 rings (SSSR count). The normalized spacial score (nSPS) is 28.7. The van der Waals surface area contributed by atoms with Crippen LogP contribution in [-0.2, 0) is 32.7 Å². The molecule has 0 nitrogen and oxygen atoms in total. The predicted molar refractivity (Wildman–Crippen MR) is 160 cm³/mol. The summed E-state index contributed by atoms with van der Waals surface area (Å²) in [6, 6.07) is 12.5. The molecule has 2 saturated heterocycles. The molecule has 4 aliphatic rings. The molecule has 2 aliphatic heterocycles. The molecule has 0 amide bonds. The molecule has 0 unspecified atom stereocenters. The second kappa shape index (κ2) is 20.8. The fraction of sp³-hybridized carbons (Fsp3) is 0.467. The molecule has 0 bridgehead atoms. The van der Waals surface area contributed by atoms with Gasteiger partial charge < -0.3 is 0 Å². The van der Waals surface area contributed by atoms with Crippen LogP contribution in [0.15, 0.2) is 30.3 Å². The third-order valence-electron chi connectivity index (χ3n) is 7.04. The van der Waals surface area contributed by atoms with Gasteiger partial charge in [-0.05, 0) is 113 Å². The zero-order chi connectivity index (χ0) is 24.8. The zero-order valence-corrected chi connectivity index (χ0v) is 28.1. The summed E-state index contributed by atoms with van der Waals surface area (Å²) in [7, 11) is 0.434. The van der Waals surface area contributed by atoms with E-state index in [1.54, 1.807) is 11.3 Å². The Morgan fingerprint density at radius 2 is 0.971 bits per heavy atom. The molecule has 0 N–H and O–H groups in total. The van der Waals surface area contributed by atoms with E-state index in [0.717, 1.165) is 22.6 Å². The van der Waals surface area contributed by atoms with Crippen molar-refractivity contribution in [2.24, 2.45) is 0 Å². The third-order valence-corrected chi connectivity index (χ3v) is 14.3. The maximum atomic E-state index is 2.89. The van der Waals surface area contributed by atoms with Crippen LogP contribution in [0.5, 0.6) is 0 Å². The van der Waals surface area contributed by atoms with Gasteiger partial charge >= 0.3 is 52.2 Å². The quantitative estimate of drug-likeness (QED) is 0.118. The van der Waals surface area contributed by atoms with Gasteiger partial charge in [0.1, 0.15) is 0 Å². The summed E-state index contributed by atoms with van der Waals surface area (Å²) in [5, 5.41) is 0. The van der Waals surface area contributed by atoms with Crippen LogP contribution in [0.1, 0.15) is 66.2 Å². The van der Waals surface area contributed by atoms with Crippen molar-refractivity contribution in [2.75, 3.05) is 0 Å². The largest absolute Gasteiger partial charge is 0.184 e. The second-order valence-electron chi connectivity index (χ2n) is 8.90. The van der Waals surface area contributed by atoms with E-state index in [4.69, 9.17) is 0 Å². The van der Waals surface area contributed by atoms with Gasteiger partial charge in [-0.2, -0.15) is 36.4 Å². The van der Waals surface area contributed by atoms with Gasteiger partial charge in [-0.3, -0.25) is 0 Å². The summed E-state index contributed by atoms with van der Waals surface area (Å²) in [5.74, 6) is 0. The minimum Gasteiger partial charge on any atom is -0.184 e. The molecule has 35 heavy (non-hydrogen) atoms. The second-order valence-corrected chi connectivity index (χ2v) is 14.5. The Balaban J connectivity index is 0.000000264. The first-order chi connectivity index (χ1) is 16.7. The molecule has 0 spiro atoms. The van der Waals surface area contributed by atoms with Crippen LogP contribution < -0.4 is 0 Å². The van der Waals surface area contributed by atoms with Gasteiger partial charge in [-0.25, -0.2) is 0 Å². The van der Waals surface area contributed by atoms with Crippen LogP contribution in [0.4, 0.5) is 0 Å². The van der Waals surface area contributed by atoms with Crippen LogP contribution in [0.25, 0.3) is 0 Å². The Kier molecular flexibility index (Phi) is 20.8. The van der Waals surface area contributed by atoms with Gasteiger partial charge in [0.25, 0.3) is 0 Å². The topological polar surface area (TPSA) is 0 Å². The number of hydrogen-bond acceptors (Lipinski definition) is 0. The minimum atomic E-state index is 0. The Morgan fingerprint density at radius 1 is 0.657 bits per heavy atom. The average molecular weight is 753 g/mol. The van der Waals surface area contributed by atoms with Gasteiger partial charge in [0.15, 0.2) is 0 Å². The van der Waals surface area contributed by atoms with Gasteiger partial charge in [-0.15, -0.1) is 0 Å². The van der Waals surface area contributed by atoms with E-state index < -0.39 is 0 Å². The van der Waals surface area contributed by atoms with Crippen LogP contribution in [0.3, 0.4) is 0 Å². The fourth-order valence-corrected chi connectivity index (χ4v) is 11.7. The summed E-state index contributed by atoms with van der Waals surface area (Å²) >= 11 is 4.72. The molecule has 5 heteroatoms. The van der Waals surface area contributed by atoms with Crippen molar-refractivity contribution >= 4 is 35.4 Å². The predicted octanol–water partition coefficient (Wildman–Crippen LogP) is 9.95. The van der Waals surface area contributed by atoms with Gasteiger partial charge in [0, 0.05) is 11.3 Å². The zero-order valence-electron chi connectivity index (χ0n) is 21.5. The van der Waals surface area contributed by atoms with E-state index in [-0.39, 0.29) is 32.9 Å². The molecule has 194 valence electrons. The standard InChI is InChI=1S/2C12H18P.C6H5.Fe.HI.Pd/c2*1-3-10-9-11(4-2)13(10)12-7-5-6-8-12;1-2-4-6-5-3-1;;;/h2*5-8,10-11H,3-4,9H2,1-2H3;1-5H;;1H;/q;;-1;+2;;+2/p-1/t2*10-,11-;;;;/m00..../s1. The number of rotatable bonds is 6. The van der Waals surface area contributed by atoms with Crippen LogP contribution in [0, 0.1) is 68.8 Å². The first-order valence-corrected chi connectivity index (χ1v) is 20.3. The van der Waals surface area contributed by atoms with Gasteiger partial charge in [0.05, 0.1) is 0 Å². The Hall–Kier alpha value is 1.99. The van der Waals surface area contributed by atoms with Gasteiger partial charge in [-0.1, -0.05) is 43.5 Å². The maximum absolute atomic E-state index is 2.89. The van der Waals surface area contributed by atoms with E-state index in [1.807, 2.05) is 49.8 Å². The van der Waals surface area contributed by atoms with Crippen molar-refractivity contribution < 1.29 is 32.7 Å². The van der Waals surface area contributed by atoms with E-state index >= 15 is 0 Å². The third kappa shape index (κ3) is 10.8. The van der Waals surface area contributed by atoms with Crippen molar-refractivity contribution in [1.29, 1.82) is 0 Å². The molecule has 2 saturated carbocycles. The first kappa shape index (κ1) is 35.0. The van der Waals surface area contributed by atoms with Crippen LogP contribution in [0.2, 0.25) is 0 Å². The van der Waals surface area contributed by atoms with Crippen LogP contribution in [-0.4, -0.2) is 22.6 Å². The number of hydrogen-bond donors (Lipinski definition) is 0. The summed E-state index contributed by atoms with van der Waals surface area (Å²) in [5.41, 5.74) is 7.43. The van der Waals surface area contributed by atoms with Crippen molar-refractivity contribution in [1.82, 2.24) is 0 Å². The van der Waals surface area contributed by atoms with Crippen molar-refractivity contribution in [3.63, 3.8) is 0 Å². The smallest absolute Gasteiger partial charge is 0.171 e. The average Bonchev–Trinajstić information content (AvgIpc) is 3.57.